The summed E-state index contributed by atoms with van der Waals surface area (Å²) in [7, 11) is 0. The molecule has 0 amide bonds. The molecule has 0 heterocycles. The fraction of sp³-hybridized carbons (Fsp3) is 0.238. The molecule has 118 valence electrons. The van der Waals surface area contributed by atoms with Crippen LogP contribution in [-0.2, 0) is 28.9 Å². The Morgan fingerprint density at radius 1 is 0.870 bits per heavy atom. The number of aryl methyl sites for hydroxylation is 1. The maximum Gasteiger partial charge on any atom is 0.160 e. The first-order chi connectivity index (χ1) is 11.1. The first-order valence-electron chi connectivity index (χ1n) is 7.94. The fourth-order valence-electron chi connectivity index (χ4n) is 2.52. The van der Waals surface area contributed by atoms with Crippen molar-refractivity contribution in [2.75, 3.05) is 0 Å². The minimum absolute atomic E-state index is 0.0506. The van der Waals surface area contributed by atoms with Gasteiger partial charge in [-0.05, 0) is 54.2 Å². The second-order valence-electron chi connectivity index (χ2n) is 5.76. The first-order valence-corrected chi connectivity index (χ1v) is 7.94. The third-order valence-electron chi connectivity index (χ3n) is 3.68. The first kappa shape index (κ1) is 16.9. The molecule has 0 aliphatic carbocycles. The Hall–Kier alpha value is -2.48. The van der Waals surface area contributed by atoms with Crippen LogP contribution in [0.1, 0.15) is 36.1 Å². The van der Waals surface area contributed by atoms with E-state index in [1.54, 1.807) is 0 Å². The molecular weight excluding hydrogens is 284 g/mol. The van der Waals surface area contributed by atoms with Gasteiger partial charge in [0.25, 0.3) is 0 Å². The molecule has 0 unspecified atom stereocenters. The topological polar surface area (TPSA) is 34.1 Å². The summed E-state index contributed by atoms with van der Waals surface area (Å²) in [5.41, 5.74) is 4.79. The number of ketones is 2. The zero-order valence-electron chi connectivity index (χ0n) is 13.7. The van der Waals surface area contributed by atoms with E-state index in [1.165, 1.54) is 35.8 Å². The van der Waals surface area contributed by atoms with Gasteiger partial charge in [0.1, 0.15) is 0 Å². The van der Waals surface area contributed by atoms with E-state index in [-0.39, 0.29) is 11.6 Å². The molecule has 0 saturated carbocycles. The Bertz CT molecular complexity index is 726. The zero-order valence-corrected chi connectivity index (χ0v) is 13.7. The van der Waals surface area contributed by atoms with E-state index in [2.05, 4.69) is 43.3 Å². The number of hydrogen-bond donors (Lipinski definition) is 0. The number of benzene rings is 2. The molecule has 0 fully saturated rings. The highest BCUT2D eigenvalue weighted by Crippen LogP contribution is 2.14. The molecule has 0 atom stereocenters. The Kier molecular flexibility index (Phi) is 6.04. The van der Waals surface area contributed by atoms with Crippen LogP contribution in [-0.4, -0.2) is 11.6 Å². The molecule has 2 heteroatoms. The van der Waals surface area contributed by atoms with Crippen molar-refractivity contribution < 1.29 is 9.59 Å². The van der Waals surface area contributed by atoms with Gasteiger partial charge in [-0.1, -0.05) is 55.5 Å². The van der Waals surface area contributed by atoms with Crippen molar-refractivity contribution in [1.82, 2.24) is 0 Å². The molecular formula is C21H22O2. The molecule has 0 N–H and O–H groups in total. The summed E-state index contributed by atoms with van der Waals surface area (Å²) < 4.78 is 0. The highest BCUT2D eigenvalue weighted by molar-refractivity contribution is 5.98. The summed E-state index contributed by atoms with van der Waals surface area (Å²) in [6.45, 7) is 3.59. The van der Waals surface area contributed by atoms with Gasteiger partial charge in [0, 0.05) is 6.42 Å². The van der Waals surface area contributed by atoms with Gasteiger partial charge in [-0.2, -0.15) is 0 Å². The van der Waals surface area contributed by atoms with E-state index in [0.717, 1.165) is 18.4 Å². The minimum Gasteiger partial charge on any atom is -0.295 e. The molecule has 0 aliphatic rings. The van der Waals surface area contributed by atoms with Gasteiger partial charge >= 0.3 is 0 Å². The predicted octanol–water partition coefficient (Wildman–Crippen LogP) is 4.10. The van der Waals surface area contributed by atoms with Crippen LogP contribution in [0.3, 0.4) is 0 Å². The average Bonchev–Trinajstić information content (AvgIpc) is 2.53. The van der Waals surface area contributed by atoms with Crippen molar-refractivity contribution in [3.8, 4) is 0 Å². The van der Waals surface area contributed by atoms with E-state index in [9.17, 15) is 9.59 Å². The lowest BCUT2D eigenvalue weighted by Gasteiger charge is -2.06. The van der Waals surface area contributed by atoms with Crippen LogP contribution in [0.25, 0.3) is 0 Å². The van der Waals surface area contributed by atoms with Gasteiger partial charge in [-0.15, -0.1) is 0 Å². The lowest BCUT2D eigenvalue weighted by atomic mass is 9.99. The summed E-state index contributed by atoms with van der Waals surface area (Å²) in [4.78, 5) is 22.7. The normalized spacial score (nSPS) is 10.9. The second kappa shape index (κ2) is 8.23. The number of allylic oxidation sites excluding steroid dienone is 2. The van der Waals surface area contributed by atoms with Crippen LogP contribution in [0.2, 0.25) is 0 Å². The van der Waals surface area contributed by atoms with Crippen molar-refractivity contribution in [3.63, 3.8) is 0 Å². The highest BCUT2D eigenvalue weighted by Gasteiger charge is 2.03. The molecule has 23 heavy (non-hydrogen) atoms. The Labute approximate surface area is 137 Å². The number of carbonyl (C=O) groups excluding carboxylic acids is 2. The van der Waals surface area contributed by atoms with Gasteiger partial charge in [-0.25, -0.2) is 0 Å². The molecule has 2 aromatic rings. The highest BCUT2D eigenvalue weighted by atomic mass is 16.1. The SMILES string of the molecule is CCc1cccc(Cc2cccc(CC(=O)/C=C/C(C)=O)c2)c1. The lowest BCUT2D eigenvalue weighted by Crippen LogP contribution is -2.00. The van der Waals surface area contributed by atoms with Crippen molar-refractivity contribution in [2.24, 2.45) is 0 Å². The van der Waals surface area contributed by atoms with E-state index in [1.807, 2.05) is 12.1 Å². The van der Waals surface area contributed by atoms with E-state index in [4.69, 9.17) is 0 Å². The van der Waals surface area contributed by atoms with Crippen molar-refractivity contribution in [3.05, 3.63) is 82.9 Å². The van der Waals surface area contributed by atoms with Gasteiger partial charge < -0.3 is 0 Å². The molecule has 2 rings (SSSR count). The molecule has 2 aromatic carbocycles. The van der Waals surface area contributed by atoms with Gasteiger partial charge in [0.15, 0.2) is 11.6 Å². The Balaban J connectivity index is 2.07. The monoisotopic (exact) mass is 306 g/mol. The van der Waals surface area contributed by atoms with Crippen LogP contribution in [0, 0.1) is 0 Å². The van der Waals surface area contributed by atoms with Crippen LogP contribution in [0.5, 0.6) is 0 Å². The smallest absolute Gasteiger partial charge is 0.160 e. The zero-order chi connectivity index (χ0) is 16.7. The largest absolute Gasteiger partial charge is 0.295 e. The van der Waals surface area contributed by atoms with Crippen molar-refractivity contribution >= 4 is 11.6 Å². The summed E-state index contributed by atoms with van der Waals surface area (Å²) in [6.07, 6.45) is 4.90. The van der Waals surface area contributed by atoms with Crippen LogP contribution < -0.4 is 0 Å². The van der Waals surface area contributed by atoms with Crippen molar-refractivity contribution in [2.45, 2.75) is 33.1 Å². The standard InChI is InChI=1S/C21H22O2/c1-3-17-6-4-7-18(12-17)13-19-8-5-9-20(14-19)15-21(23)11-10-16(2)22/h4-12,14H,3,13,15H2,1-2H3/b11-10+. The summed E-state index contributed by atoms with van der Waals surface area (Å²) in [5, 5.41) is 0. The van der Waals surface area contributed by atoms with Gasteiger partial charge in [0.05, 0.1) is 0 Å². The molecule has 2 nitrogen and oxygen atoms in total. The van der Waals surface area contributed by atoms with E-state index in [0.29, 0.717) is 6.42 Å². The van der Waals surface area contributed by atoms with Crippen LogP contribution >= 0.6 is 0 Å². The maximum absolute atomic E-state index is 11.8. The summed E-state index contributed by atoms with van der Waals surface area (Å²) in [5.74, 6) is -0.159. The van der Waals surface area contributed by atoms with Gasteiger partial charge in [-0.3, -0.25) is 9.59 Å². The summed E-state index contributed by atoms with van der Waals surface area (Å²) >= 11 is 0. The molecule has 0 radical (unpaired) electrons. The van der Waals surface area contributed by atoms with Crippen LogP contribution in [0.15, 0.2) is 60.7 Å². The molecule has 0 aromatic heterocycles. The Morgan fingerprint density at radius 3 is 2.04 bits per heavy atom. The molecule has 0 saturated heterocycles. The number of rotatable bonds is 7. The maximum atomic E-state index is 11.8. The second-order valence-corrected chi connectivity index (χ2v) is 5.76. The fourth-order valence-corrected chi connectivity index (χ4v) is 2.52. The quantitative estimate of drug-likeness (QED) is 0.722. The average molecular weight is 306 g/mol. The Morgan fingerprint density at radius 2 is 1.43 bits per heavy atom. The summed E-state index contributed by atoms with van der Waals surface area (Å²) in [6, 6.07) is 16.7. The molecule has 0 bridgehead atoms. The number of hydrogen-bond acceptors (Lipinski definition) is 2. The van der Waals surface area contributed by atoms with Gasteiger partial charge in [0.2, 0.25) is 0 Å². The number of carbonyl (C=O) groups is 2. The van der Waals surface area contributed by atoms with Crippen molar-refractivity contribution in [1.29, 1.82) is 0 Å². The third-order valence-corrected chi connectivity index (χ3v) is 3.68. The molecule has 0 aliphatic heterocycles. The van der Waals surface area contributed by atoms with E-state index >= 15 is 0 Å². The minimum atomic E-state index is -0.108. The lowest BCUT2D eigenvalue weighted by molar-refractivity contribution is -0.115. The predicted molar refractivity (Wildman–Crippen MR) is 93.6 cm³/mol. The van der Waals surface area contributed by atoms with Crippen LogP contribution in [0.4, 0.5) is 0 Å². The van der Waals surface area contributed by atoms with E-state index < -0.39 is 0 Å². The third kappa shape index (κ3) is 5.67. The molecule has 0 spiro atoms.